The van der Waals surface area contributed by atoms with Gasteiger partial charge in [-0.1, -0.05) is 6.07 Å². The van der Waals surface area contributed by atoms with Gasteiger partial charge in [0.25, 0.3) is 5.91 Å². The number of benzene rings is 1. The molecule has 0 atom stereocenters. The lowest BCUT2D eigenvalue weighted by Gasteiger charge is -2.05. The fourth-order valence-corrected chi connectivity index (χ4v) is 2.13. The van der Waals surface area contributed by atoms with E-state index in [9.17, 15) is 4.79 Å². The number of ether oxygens (including phenoxy) is 1. The molecule has 100 valence electrons. The number of methoxy groups -OCH3 is 1. The van der Waals surface area contributed by atoms with Gasteiger partial charge < -0.3 is 10.1 Å². The van der Waals surface area contributed by atoms with Crippen molar-refractivity contribution in [3.8, 4) is 5.75 Å². The van der Waals surface area contributed by atoms with Crippen LogP contribution in [0.3, 0.4) is 0 Å². The van der Waals surface area contributed by atoms with Gasteiger partial charge in [-0.15, -0.1) is 0 Å². The lowest BCUT2D eigenvalue weighted by Crippen LogP contribution is -2.13. The van der Waals surface area contributed by atoms with Crippen LogP contribution in [0.15, 0.2) is 28.7 Å². The van der Waals surface area contributed by atoms with Crippen molar-refractivity contribution in [3.05, 3.63) is 40.1 Å². The summed E-state index contributed by atoms with van der Waals surface area (Å²) in [4.78, 5) is 12.1. The molecule has 0 saturated heterocycles. The number of aromatic nitrogens is 2. The van der Waals surface area contributed by atoms with Crippen LogP contribution in [-0.2, 0) is 7.05 Å². The first-order valence-electron chi connectivity index (χ1n) is 5.67. The Bertz CT molecular complexity index is 622. The summed E-state index contributed by atoms with van der Waals surface area (Å²) in [7, 11) is 3.38. The minimum atomic E-state index is -0.260. The summed E-state index contributed by atoms with van der Waals surface area (Å²) in [5.41, 5.74) is 1.93. The molecule has 0 aliphatic rings. The Kier molecular flexibility index (Phi) is 3.90. The predicted octanol–water partition coefficient (Wildman–Crippen LogP) is 2.75. The molecule has 0 bridgehead atoms. The smallest absolute Gasteiger partial charge is 0.277 e. The molecule has 1 amide bonds. The van der Waals surface area contributed by atoms with Gasteiger partial charge in [0.15, 0.2) is 5.69 Å². The third-order valence-electron chi connectivity index (χ3n) is 2.80. The zero-order valence-electron chi connectivity index (χ0n) is 10.9. The molecule has 1 heterocycles. The number of nitrogens with zero attached hydrogens (tertiary/aromatic N) is 2. The van der Waals surface area contributed by atoms with E-state index < -0.39 is 0 Å². The van der Waals surface area contributed by atoms with Crippen LogP contribution in [0.1, 0.15) is 16.2 Å². The van der Waals surface area contributed by atoms with Crippen LogP contribution in [0.4, 0.5) is 5.69 Å². The van der Waals surface area contributed by atoms with Gasteiger partial charge in [0, 0.05) is 18.8 Å². The first-order chi connectivity index (χ1) is 9.02. The topological polar surface area (TPSA) is 56.1 Å². The Hall–Kier alpha value is -1.82. The number of halogens is 1. The summed E-state index contributed by atoms with van der Waals surface area (Å²) in [5.74, 6) is 0.429. The lowest BCUT2D eigenvalue weighted by atomic mass is 10.3. The van der Waals surface area contributed by atoms with E-state index in [-0.39, 0.29) is 5.91 Å². The van der Waals surface area contributed by atoms with Crippen LogP contribution in [0.2, 0.25) is 0 Å². The Morgan fingerprint density at radius 1 is 1.47 bits per heavy atom. The molecular weight excluding hydrogens is 310 g/mol. The summed E-state index contributed by atoms with van der Waals surface area (Å²) >= 11 is 3.37. The number of nitrogens with one attached hydrogen (secondary N) is 1. The van der Waals surface area contributed by atoms with E-state index in [2.05, 4.69) is 26.3 Å². The van der Waals surface area contributed by atoms with Crippen LogP contribution in [0.5, 0.6) is 5.75 Å². The largest absolute Gasteiger partial charge is 0.497 e. The second kappa shape index (κ2) is 5.44. The number of hydrogen-bond donors (Lipinski definition) is 1. The fraction of sp³-hybridized carbons (Fsp3) is 0.231. The first kappa shape index (κ1) is 13.6. The Morgan fingerprint density at radius 3 is 2.79 bits per heavy atom. The van der Waals surface area contributed by atoms with Crippen LogP contribution in [0, 0.1) is 6.92 Å². The van der Waals surface area contributed by atoms with Gasteiger partial charge in [-0.25, -0.2) is 0 Å². The second-order valence-corrected chi connectivity index (χ2v) is 4.85. The SMILES string of the molecule is COc1cccc(NC(=O)c2nn(C)c(C)c2Br)c1. The van der Waals surface area contributed by atoms with Gasteiger partial charge >= 0.3 is 0 Å². The molecular formula is C13H14BrN3O2. The van der Waals surface area contributed by atoms with E-state index in [0.29, 0.717) is 21.6 Å². The molecule has 0 aliphatic heterocycles. The summed E-state index contributed by atoms with van der Waals surface area (Å²) < 4.78 is 7.47. The molecule has 0 aliphatic carbocycles. The molecule has 6 heteroatoms. The maximum atomic E-state index is 12.1. The molecule has 0 unspecified atom stereocenters. The molecule has 5 nitrogen and oxygen atoms in total. The zero-order chi connectivity index (χ0) is 14.0. The highest BCUT2D eigenvalue weighted by Crippen LogP contribution is 2.22. The van der Waals surface area contributed by atoms with Crippen molar-refractivity contribution in [2.75, 3.05) is 12.4 Å². The third-order valence-corrected chi connectivity index (χ3v) is 3.75. The van der Waals surface area contributed by atoms with Crippen LogP contribution >= 0.6 is 15.9 Å². The van der Waals surface area contributed by atoms with Crippen molar-refractivity contribution in [2.45, 2.75) is 6.92 Å². The van der Waals surface area contributed by atoms with Crippen LogP contribution in [0.25, 0.3) is 0 Å². The summed E-state index contributed by atoms with van der Waals surface area (Å²) in [6, 6.07) is 7.18. The Labute approximate surface area is 119 Å². The average molecular weight is 324 g/mol. The highest BCUT2D eigenvalue weighted by molar-refractivity contribution is 9.10. The number of carbonyl (C=O) groups excluding carboxylic acids is 1. The molecule has 0 spiro atoms. The summed E-state index contributed by atoms with van der Waals surface area (Å²) in [6.45, 7) is 1.89. The number of amides is 1. The molecule has 2 rings (SSSR count). The number of anilines is 1. The van der Waals surface area contributed by atoms with Crippen molar-refractivity contribution in [1.29, 1.82) is 0 Å². The average Bonchev–Trinajstić information content (AvgIpc) is 2.67. The van der Waals surface area contributed by atoms with Crippen molar-refractivity contribution in [1.82, 2.24) is 9.78 Å². The quantitative estimate of drug-likeness (QED) is 0.944. The van der Waals surface area contributed by atoms with Gasteiger partial charge in [-0.05, 0) is 35.0 Å². The number of aryl methyl sites for hydroxylation is 1. The van der Waals surface area contributed by atoms with Gasteiger partial charge in [0.1, 0.15) is 5.75 Å². The normalized spacial score (nSPS) is 10.3. The van der Waals surface area contributed by atoms with Crippen LogP contribution < -0.4 is 10.1 Å². The molecule has 1 aromatic heterocycles. The summed E-state index contributed by atoms with van der Waals surface area (Å²) in [6.07, 6.45) is 0. The number of carbonyl (C=O) groups is 1. The minimum absolute atomic E-state index is 0.260. The number of hydrogen-bond acceptors (Lipinski definition) is 3. The highest BCUT2D eigenvalue weighted by Gasteiger charge is 2.17. The van der Waals surface area contributed by atoms with Crippen molar-refractivity contribution >= 4 is 27.5 Å². The van der Waals surface area contributed by atoms with Crippen molar-refractivity contribution in [2.24, 2.45) is 7.05 Å². The maximum absolute atomic E-state index is 12.1. The van der Waals surface area contributed by atoms with E-state index in [0.717, 1.165) is 5.69 Å². The molecule has 0 saturated carbocycles. The van der Waals surface area contributed by atoms with Gasteiger partial charge in [0.2, 0.25) is 0 Å². The molecule has 0 radical (unpaired) electrons. The number of rotatable bonds is 3. The van der Waals surface area contributed by atoms with Gasteiger partial charge in [0.05, 0.1) is 17.3 Å². The minimum Gasteiger partial charge on any atom is -0.497 e. The van der Waals surface area contributed by atoms with Crippen LogP contribution in [-0.4, -0.2) is 22.8 Å². The van der Waals surface area contributed by atoms with Gasteiger partial charge in [-0.3, -0.25) is 9.48 Å². The van der Waals surface area contributed by atoms with Crippen molar-refractivity contribution < 1.29 is 9.53 Å². The Balaban J connectivity index is 2.23. The highest BCUT2D eigenvalue weighted by atomic mass is 79.9. The molecule has 1 aromatic carbocycles. The van der Waals surface area contributed by atoms with E-state index in [1.165, 1.54) is 0 Å². The van der Waals surface area contributed by atoms with E-state index in [1.54, 1.807) is 31.0 Å². The molecule has 19 heavy (non-hydrogen) atoms. The van der Waals surface area contributed by atoms with E-state index >= 15 is 0 Å². The zero-order valence-corrected chi connectivity index (χ0v) is 12.5. The molecule has 0 fully saturated rings. The maximum Gasteiger partial charge on any atom is 0.277 e. The standard InChI is InChI=1S/C13H14BrN3O2/c1-8-11(14)12(16-17(8)2)13(18)15-9-5-4-6-10(7-9)19-3/h4-7H,1-3H3,(H,15,18). The van der Waals surface area contributed by atoms with Crippen molar-refractivity contribution in [3.63, 3.8) is 0 Å². The molecule has 2 aromatic rings. The summed E-state index contributed by atoms with van der Waals surface area (Å²) in [5, 5.41) is 6.96. The predicted molar refractivity (Wildman–Crippen MR) is 76.6 cm³/mol. The molecule has 1 N–H and O–H groups in total. The monoisotopic (exact) mass is 323 g/mol. The second-order valence-electron chi connectivity index (χ2n) is 4.06. The van der Waals surface area contributed by atoms with E-state index in [4.69, 9.17) is 4.74 Å². The Morgan fingerprint density at radius 2 is 2.21 bits per heavy atom. The third kappa shape index (κ3) is 2.78. The van der Waals surface area contributed by atoms with Gasteiger partial charge in [-0.2, -0.15) is 5.10 Å². The lowest BCUT2D eigenvalue weighted by molar-refractivity contribution is 0.102. The fourth-order valence-electron chi connectivity index (χ4n) is 1.62. The van der Waals surface area contributed by atoms with E-state index in [1.807, 2.05) is 19.1 Å². The first-order valence-corrected chi connectivity index (χ1v) is 6.46.